The molecule has 1 aromatic carbocycles. The van der Waals surface area contributed by atoms with E-state index in [-0.39, 0.29) is 24.4 Å². The average molecular weight is 300 g/mol. The summed E-state index contributed by atoms with van der Waals surface area (Å²) < 4.78 is 19.8. The first-order chi connectivity index (χ1) is 8.15. The van der Waals surface area contributed by atoms with Gasteiger partial charge in [0.1, 0.15) is 12.4 Å². The summed E-state index contributed by atoms with van der Waals surface area (Å²) in [5, 5.41) is 0. The highest BCUT2D eigenvalue weighted by Gasteiger charge is 2.34. The third kappa shape index (κ3) is 1.87. The number of ether oxygens (including phenoxy) is 1. The fourth-order valence-electron chi connectivity index (χ4n) is 2.49. The normalized spacial score (nSPS) is 23.3. The smallest absolute Gasteiger partial charge is 0.249 e. The van der Waals surface area contributed by atoms with Crippen LogP contribution >= 0.6 is 15.9 Å². The van der Waals surface area contributed by atoms with Crippen molar-refractivity contribution in [2.75, 3.05) is 13.2 Å². The largest absolute Gasteiger partial charge is 0.369 e. The predicted molar refractivity (Wildman–Crippen MR) is 63.0 cm³/mol. The molecule has 90 valence electrons. The van der Waals surface area contributed by atoms with Crippen LogP contribution in [0.3, 0.4) is 0 Å². The number of morpholine rings is 1. The molecule has 1 unspecified atom stereocenters. The molecule has 0 saturated carbocycles. The van der Waals surface area contributed by atoms with Crippen LogP contribution in [-0.4, -0.2) is 30.1 Å². The number of rotatable bonds is 0. The van der Waals surface area contributed by atoms with Crippen LogP contribution in [0.4, 0.5) is 4.39 Å². The van der Waals surface area contributed by atoms with E-state index in [1.165, 1.54) is 6.07 Å². The van der Waals surface area contributed by atoms with Crippen LogP contribution in [0, 0.1) is 5.82 Å². The number of benzene rings is 1. The van der Waals surface area contributed by atoms with E-state index in [1.54, 1.807) is 4.90 Å². The van der Waals surface area contributed by atoms with Crippen molar-refractivity contribution in [3.05, 3.63) is 33.5 Å². The first-order valence-electron chi connectivity index (χ1n) is 5.49. The highest BCUT2D eigenvalue weighted by molar-refractivity contribution is 9.10. The zero-order chi connectivity index (χ0) is 12.0. The van der Waals surface area contributed by atoms with Gasteiger partial charge in [0.05, 0.1) is 12.6 Å². The second kappa shape index (κ2) is 4.07. The van der Waals surface area contributed by atoms with Crippen molar-refractivity contribution in [3.63, 3.8) is 0 Å². The van der Waals surface area contributed by atoms with Crippen molar-refractivity contribution in [1.29, 1.82) is 0 Å². The second-order valence-corrected chi connectivity index (χ2v) is 5.34. The van der Waals surface area contributed by atoms with Crippen molar-refractivity contribution in [2.45, 2.75) is 19.0 Å². The summed E-state index contributed by atoms with van der Waals surface area (Å²) in [6, 6.07) is 3.43. The zero-order valence-electron chi connectivity index (χ0n) is 9.08. The molecule has 0 aliphatic carbocycles. The summed E-state index contributed by atoms with van der Waals surface area (Å²) in [6.07, 6.45) is 0.664. The Morgan fingerprint density at radius 2 is 2.29 bits per heavy atom. The first kappa shape index (κ1) is 11.2. The molecule has 1 amide bonds. The molecular formula is C12H11BrFNO2. The van der Waals surface area contributed by atoms with Gasteiger partial charge >= 0.3 is 0 Å². The van der Waals surface area contributed by atoms with Crippen molar-refractivity contribution in [3.8, 4) is 0 Å². The van der Waals surface area contributed by atoms with Gasteiger partial charge in [0, 0.05) is 16.6 Å². The molecule has 5 heteroatoms. The van der Waals surface area contributed by atoms with Gasteiger partial charge in [-0.15, -0.1) is 0 Å². The zero-order valence-corrected chi connectivity index (χ0v) is 10.7. The Bertz CT molecular complexity index is 492. The van der Waals surface area contributed by atoms with Crippen LogP contribution in [0.25, 0.3) is 0 Å². The van der Waals surface area contributed by atoms with Gasteiger partial charge < -0.3 is 9.64 Å². The Hall–Kier alpha value is -0.940. The quantitative estimate of drug-likeness (QED) is 0.732. The van der Waals surface area contributed by atoms with Crippen LogP contribution in [0.15, 0.2) is 16.6 Å². The van der Waals surface area contributed by atoms with E-state index in [1.807, 2.05) is 6.07 Å². The molecule has 2 heterocycles. The predicted octanol–water partition coefficient (Wildman–Crippen LogP) is 1.87. The SMILES string of the molecule is O=C1COCC2Cc3cc(Br)cc(F)c3CN12. The molecule has 0 bridgehead atoms. The van der Waals surface area contributed by atoms with E-state index in [4.69, 9.17) is 4.74 Å². The summed E-state index contributed by atoms with van der Waals surface area (Å²) >= 11 is 3.29. The number of halogens is 2. The van der Waals surface area contributed by atoms with Crippen molar-refractivity contribution < 1.29 is 13.9 Å². The molecule has 2 aliphatic heterocycles. The topological polar surface area (TPSA) is 29.5 Å². The number of amides is 1. The molecule has 2 aliphatic rings. The summed E-state index contributed by atoms with van der Waals surface area (Å²) in [6.45, 7) is 1.02. The van der Waals surface area contributed by atoms with Gasteiger partial charge in [-0.1, -0.05) is 15.9 Å². The fourth-order valence-corrected chi connectivity index (χ4v) is 2.96. The van der Waals surface area contributed by atoms with Gasteiger partial charge in [-0.2, -0.15) is 0 Å². The van der Waals surface area contributed by atoms with Crippen LogP contribution in [-0.2, 0) is 22.5 Å². The van der Waals surface area contributed by atoms with Gasteiger partial charge in [-0.25, -0.2) is 4.39 Å². The third-order valence-corrected chi connectivity index (χ3v) is 3.79. The van der Waals surface area contributed by atoms with E-state index >= 15 is 0 Å². The lowest BCUT2D eigenvalue weighted by Crippen LogP contribution is -2.52. The Kier molecular flexibility index (Phi) is 2.67. The molecular weight excluding hydrogens is 289 g/mol. The monoisotopic (exact) mass is 299 g/mol. The molecule has 17 heavy (non-hydrogen) atoms. The van der Waals surface area contributed by atoms with Gasteiger partial charge in [-0.3, -0.25) is 4.79 Å². The van der Waals surface area contributed by atoms with Crippen LogP contribution in [0.2, 0.25) is 0 Å². The molecule has 0 aromatic heterocycles. The van der Waals surface area contributed by atoms with Crippen LogP contribution < -0.4 is 0 Å². The van der Waals surface area contributed by atoms with Crippen molar-refractivity contribution in [2.24, 2.45) is 0 Å². The number of fused-ring (bicyclic) bond motifs is 2. The Labute approximate surface area is 107 Å². The van der Waals surface area contributed by atoms with Crippen LogP contribution in [0.5, 0.6) is 0 Å². The number of carbonyl (C=O) groups is 1. The summed E-state index contributed by atoms with van der Waals surface area (Å²) in [7, 11) is 0. The maximum Gasteiger partial charge on any atom is 0.249 e. The number of nitrogens with zero attached hydrogens (tertiary/aromatic N) is 1. The Morgan fingerprint density at radius 3 is 3.12 bits per heavy atom. The highest BCUT2D eigenvalue weighted by Crippen LogP contribution is 2.30. The molecule has 3 nitrogen and oxygen atoms in total. The van der Waals surface area contributed by atoms with E-state index in [2.05, 4.69) is 15.9 Å². The van der Waals surface area contributed by atoms with Crippen molar-refractivity contribution in [1.82, 2.24) is 4.90 Å². The molecule has 0 N–H and O–H groups in total. The minimum Gasteiger partial charge on any atom is -0.369 e. The van der Waals surface area contributed by atoms with E-state index in [0.717, 1.165) is 10.0 Å². The molecule has 1 fully saturated rings. The summed E-state index contributed by atoms with van der Waals surface area (Å²) in [4.78, 5) is 13.4. The van der Waals surface area contributed by atoms with Gasteiger partial charge in [0.25, 0.3) is 0 Å². The lowest BCUT2D eigenvalue weighted by molar-refractivity contribution is -0.149. The lowest BCUT2D eigenvalue weighted by Gasteiger charge is -2.39. The van der Waals surface area contributed by atoms with Crippen LogP contribution in [0.1, 0.15) is 11.1 Å². The molecule has 0 spiro atoms. The maximum absolute atomic E-state index is 13.8. The van der Waals surface area contributed by atoms with Gasteiger partial charge in [0.2, 0.25) is 5.91 Å². The van der Waals surface area contributed by atoms with Gasteiger partial charge in [0.15, 0.2) is 0 Å². The molecule has 1 aromatic rings. The first-order valence-corrected chi connectivity index (χ1v) is 6.28. The minimum absolute atomic E-state index is 0.0470. The average Bonchev–Trinajstić information content (AvgIpc) is 2.27. The molecule has 3 rings (SSSR count). The lowest BCUT2D eigenvalue weighted by atomic mass is 9.93. The third-order valence-electron chi connectivity index (χ3n) is 3.33. The molecule has 0 radical (unpaired) electrons. The minimum atomic E-state index is -0.243. The highest BCUT2D eigenvalue weighted by atomic mass is 79.9. The summed E-state index contributed by atoms with van der Waals surface area (Å²) in [5.41, 5.74) is 1.61. The van der Waals surface area contributed by atoms with E-state index < -0.39 is 0 Å². The van der Waals surface area contributed by atoms with Crippen molar-refractivity contribution >= 4 is 21.8 Å². The number of hydrogen-bond donors (Lipinski definition) is 0. The van der Waals surface area contributed by atoms with E-state index in [0.29, 0.717) is 25.1 Å². The second-order valence-electron chi connectivity index (χ2n) is 4.42. The number of carbonyl (C=O) groups excluding carboxylic acids is 1. The maximum atomic E-state index is 13.8. The summed E-state index contributed by atoms with van der Waals surface area (Å²) in [5.74, 6) is -0.290. The Balaban J connectivity index is 2.01. The molecule has 1 saturated heterocycles. The number of hydrogen-bond acceptors (Lipinski definition) is 2. The van der Waals surface area contributed by atoms with E-state index in [9.17, 15) is 9.18 Å². The standard InChI is InChI=1S/C12H11BrFNO2/c13-8-1-7-2-9-5-17-6-12(16)15(9)4-10(7)11(14)3-8/h1,3,9H,2,4-6H2. The van der Waals surface area contributed by atoms with Gasteiger partial charge in [-0.05, 0) is 24.1 Å². The Morgan fingerprint density at radius 1 is 1.47 bits per heavy atom. The molecule has 1 atom stereocenters. The fraction of sp³-hybridized carbons (Fsp3) is 0.417.